The first-order chi connectivity index (χ1) is 16.8. The van der Waals surface area contributed by atoms with E-state index in [4.69, 9.17) is 4.98 Å². The molecule has 4 heterocycles. The zero-order valence-corrected chi connectivity index (χ0v) is 19.1. The maximum atomic E-state index is 4.73. The second-order valence-electron chi connectivity index (χ2n) is 9.07. The van der Waals surface area contributed by atoms with Crippen molar-refractivity contribution in [2.24, 2.45) is 5.92 Å². The highest BCUT2D eigenvalue weighted by atomic mass is 15.3. The Kier molecular flexibility index (Phi) is 5.64. The summed E-state index contributed by atoms with van der Waals surface area (Å²) in [7, 11) is 0. The highest BCUT2D eigenvalue weighted by molar-refractivity contribution is 5.78. The summed E-state index contributed by atoms with van der Waals surface area (Å²) in [6.07, 6.45) is 9.97. The Bertz CT molecular complexity index is 1230. The van der Waals surface area contributed by atoms with Gasteiger partial charge in [0.2, 0.25) is 5.95 Å². The van der Waals surface area contributed by atoms with E-state index >= 15 is 0 Å². The summed E-state index contributed by atoms with van der Waals surface area (Å²) >= 11 is 0. The Morgan fingerprint density at radius 3 is 2.56 bits per heavy atom. The third-order valence-electron chi connectivity index (χ3n) is 6.60. The third kappa shape index (κ3) is 4.63. The van der Waals surface area contributed by atoms with Crippen LogP contribution in [0.3, 0.4) is 0 Å². The minimum absolute atomic E-state index is 0.553. The molecule has 0 bridgehead atoms. The largest absolute Gasteiger partial charge is 0.369 e. The van der Waals surface area contributed by atoms with Gasteiger partial charge in [0.25, 0.3) is 0 Å². The molecule has 8 heteroatoms. The van der Waals surface area contributed by atoms with E-state index in [-0.39, 0.29) is 0 Å². The van der Waals surface area contributed by atoms with Gasteiger partial charge >= 0.3 is 0 Å². The lowest BCUT2D eigenvalue weighted by Crippen LogP contribution is -2.47. The number of hydrogen-bond acceptors (Lipinski definition) is 7. The van der Waals surface area contributed by atoms with E-state index in [1.807, 2.05) is 24.4 Å². The highest BCUT2D eigenvalue weighted by Gasteiger charge is 2.26. The quantitative estimate of drug-likeness (QED) is 0.435. The van der Waals surface area contributed by atoms with Gasteiger partial charge in [0.15, 0.2) is 0 Å². The van der Waals surface area contributed by atoms with Crippen LogP contribution in [0, 0.1) is 5.92 Å². The number of nitrogens with zero attached hydrogens (tertiary/aromatic N) is 6. The van der Waals surface area contributed by atoms with Gasteiger partial charge < -0.3 is 10.2 Å². The summed E-state index contributed by atoms with van der Waals surface area (Å²) in [6.45, 7) is 5.79. The average molecular weight is 453 g/mol. The predicted octanol–water partition coefficient (Wildman–Crippen LogP) is 4.20. The van der Waals surface area contributed by atoms with Crippen LogP contribution in [0.2, 0.25) is 0 Å². The zero-order valence-electron chi connectivity index (χ0n) is 19.1. The molecule has 1 saturated heterocycles. The molecule has 4 aromatic rings. The van der Waals surface area contributed by atoms with Gasteiger partial charge in [-0.3, -0.25) is 15.0 Å². The fourth-order valence-electron chi connectivity index (χ4n) is 4.52. The smallest absolute Gasteiger partial charge is 0.227 e. The molecule has 8 nitrogen and oxygen atoms in total. The molecule has 0 atom stereocenters. The standard InChI is InChI=1S/C26H28N8/c1-2-20(16-27-10-1)25-23(17-29-32-25)24-9-11-28-26(31-24)30-21-5-7-22(8-6-21)34-14-12-33(13-15-34)18-19-3-4-19/h1-2,5-11,16-17,19H,3-4,12-15,18H2,(H,29,32)(H,28,30,31). The number of aromatic amines is 1. The monoisotopic (exact) mass is 452 g/mol. The third-order valence-corrected chi connectivity index (χ3v) is 6.60. The summed E-state index contributed by atoms with van der Waals surface area (Å²) in [5.74, 6) is 1.52. The van der Waals surface area contributed by atoms with Gasteiger partial charge in [0, 0.05) is 73.8 Å². The van der Waals surface area contributed by atoms with Crippen LogP contribution >= 0.6 is 0 Å². The van der Waals surface area contributed by atoms with Gasteiger partial charge in [0.05, 0.1) is 17.6 Å². The molecule has 0 unspecified atom stereocenters. The summed E-state index contributed by atoms with van der Waals surface area (Å²) in [5, 5.41) is 10.6. The molecule has 2 fully saturated rings. The van der Waals surface area contributed by atoms with Gasteiger partial charge in [0.1, 0.15) is 0 Å². The molecule has 1 saturated carbocycles. The minimum atomic E-state index is 0.553. The number of pyridine rings is 1. The van der Waals surface area contributed by atoms with Crippen LogP contribution < -0.4 is 10.2 Å². The van der Waals surface area contributed by atoms with Gasteiger partial charge in [-0.05, 0) is 61.2 Å². The fraction of sp³-hybridized carbons (Fsp3) is 0.308. The average Bonchev–Trinajstić information content (AvgIpc) is 3.57. The molecule has 1 aliphatic carbocycles. The number of aromatic nitrogens is 5. The summed E-state index contributed by atoms with van der Waals surface area (Å²) < 4.78 is 0. The van der Waals surface area contributed by atoms with E-state index in [9.17, 15) is 0 Å². The Hall–Kier alpha value is -3.78. The first kappa shape index (κ1) is 20.8. The predicted molar refractivity (Wildman–Crippen MR) is 134 cm³/mol. The van der Waals surface area contributed by atoms with Crippen molar-refractivity contribution < 1.29 is 0 Å². The van der Waals surface area contributed by atoms with Gasteiger partial charge in [-0.25, -0.2) is 9.97 Å². The molecule has 1 aliphatic heterocycles. The van der Waals surface area contributed by atoms with Crippen molar-refractivity contribution in [1.82, 2.24) is 30.0 Å². The molecule has 3 aromatic heterocycles. The lowest BCUT2D eigenvalue weighted by molar-refractivity contribution is 0.248. The van der Waals surface area contributed by atoms with Crippen molar-refractivity contribution in [2.75, 3.05) is 42.9 Å². The van der Waals surface area contributed by atoms with E-state index in [1.165, 1.54) is 25.1 Å². The topological polar surface area (TPSA) is 85.9 Å². The van der Waals surface area contributed by atoms with Crippen LogP contribution in [0.4, 0.5) is 17.3 Å². The number of rotatable bonds is 7. The normalized spacial score (nSPS) is 16.5. The van der Waals surface area contributed by atoms with Crippen molar-refractivity contribution in [3.63, 3.8) is 0 Å². The molecule has 172 valence electrons. The van der Waals surface area contributed by atoms with Crippen molar-refractivity contribution in [2.45, 2.75) is 12.8 Å². The SMILES string of the molecule is c1cncc(-c2[nH]ncc2-c2ccnc(Nc3ccc(N4CCN(CC5CC5)CC4)cc3)n2)c1. The minimum Gasteiger partial charge on any atom is -0.369 e. The number of anilines is 3. The van der Waals surface area contributed by atoms with E-state index in [0.29, 0.717) is 5.95 Å². The Morgan fingerprint density at radius 1 is 0.941 bits per heavy atom. The van der Waals surface area contributed by atoms with Crippen LogP contribution in [0.25, 0.3) is 22.5 Å². The lowest BCUT2D eigenvalue weighted by atomic mass is 10.1. The molecule has 0 amide bonds. The highest BCUT2D eigenvalue weighted by Crippen LogP contribution is 2.31. The van der Waals surface area contributed by atoms with Crippen LogP contribution in [-0.4, -0.2) is 62.8 Å². The first-order valence-corrected chi connectivity index (χ1v) is 11.9. The van der Waals surface area contributed by atoms with E-state index in [1.54, 1.807) is 18.6 Å². The van der Waals surface area contributed by atoms with Gasteiger partial charge in [-0.2, -0.15) is 5.10 Å². The number of piperazine rings is 1. The van der Waals surface area contributed by atoms with Crippen molar-refractivity contribution in [1.29, 1.82) is 0 Å². The molecule has 0 spiro atoms. The van der Waals surface area contributed by atoms with Crippen molar-refractivity contribution in [3.8, 4) is 22.5 Å². The van der Waals surface area contributed by atoms with Gasteiger partial charge in [-0.1, -0.05) is 0 Å². The second-order valence-corrected chi connectivity index (χ2v) is 9.07. The summed E-state index contributed by atoms with van der Waals surface area (Å²) in [4.78, 5) is 18.4. The maximum absolute atomic E-state index is 4.73. The van der Waals surface area contributed by atoms with Crippen LogP contribution in [0.1, 0.15) is 12.8 Å². The number of benzene rings is 1. The first-order valence-electron chi connectivity index (χ1n) is 11.9. The van der Waals surface area contributed by atoms with Crippen LogP contribution in [-0.2, 0) is 0 Å². The van der Waals surface area contributed by atoms with E-state index in [0.717, 1.165) is 60.3 Å². The lowest BCUT2D eigenvalue weighted by Gasteiger charge is -2.36. The Labute approximate surface area is 199 Å². The maximum Gasteiger partial charge on any atom is 0.227 e. The zero-order chi connectivity index (χ0) is 22.7. The molecule has 1 aromatic carbocycles. The number of H-pyrrole nitrogens is 1. The van der Waals surface area contributed by atoms with Crippen molar-refractivity contribution >= 4 is 17.3 Å². The van der Waals surface area contributed by atoms with Crippen LogP contribution in [0.15, 0.2) is 67.3 Å². The summed E-state index contributed by atoms with van der Waals surface area (Å²) in [6, 6.07) is 14.4. The van der Waals surface area contributed by atoms with Crippen molar-refractivity contribution in [3.05, 3.63) is 67.3 Å². The fourth-order valence-corrected chi connectivity index (χ4v) is 4.52. The molecule has 2 N–H and O–H groups in total. The molecule has 6 rings (SSSR count). The second kappa shape index (κ2) is 9.23. The van der Waals surface area contributed by atoms with E-state index in [2.05, 4.69) is 59.5 Å². The number of hydrogen-bond donors (Lipinski definition) is 2. The summed E-state index contributed by atoms with van der Waals surface area (Å²) in [5.41, 5.74) is 5.80. The molecule has 0 radical (unpaired) electrons. The Balaban J connectivity index is 1.13. The molecular formula is C26H28N8. The van der Waals surface area contributed by atoms with E-state index < -0.39 is 0 Å². The number of nitrogens with one attached hydrogen (secondary N) is 2. The van der Waals surface area contributed by atoms with Gasteiger partial charge in [-0.15, -0.1) is 0 Å². The Morgan fingerprint density at radius 2 is 1.79 bits per heavy atom. The van der Waals surface area contributed by atoms with Crippen LogP contribution in [0.5, 0.6) is 0 Å². The molecule has 2 aliphatic rings. The molecular weight excluding hydrogens is 424 g/mol. The molecule has 34 heavy (non-hydrogen) atoms.